The van der Waals surface area contributed by atoms with Crippen LogP contribution in [-0.4, -0.2) is 34.6 Å². The van der Waals surface area contributed by atoms with Gasteiger partial charge in [-0.25, -0.2) is 0 Å². The number of hydrogen-bond donors (Lipinski definition) is 0. The molecule has 0 bridgehead atoms. The van der Waals surface area contributed by atoms with E-state index in [1.807, 2.05) is 61.5 Å². The Labute approximate surface area is 152 Å². The molecule has 6 nitrogen and oxygen atoms in total. The van der Waals surface area contributed by atoms with Crippen LogP contribution in [0, 0.1) is 0 Å². The van der Waals surface area contributed by atoms with Crippen molar-refractivity contribution in [2.45, 2.75) is 20.1 Å². The average Bonchev–Trinajstić information content (AvgIpc) is 3.14. The molecule has 0 N–H and O–H groups in total. The molecule has 0 saturated carbocycles. The fourth-order valence-corrected chi connectivity index (χ4v) is 2.74. The fourth-order valence-electron chi connectivity index (χ4n) is 2.74. The van der Waals surface area contributed by atoms with E-state index < -0.39 is 0 Å². The Bertz CT molecular complexity index is 862. The summed E-state index contributed by atoms with van der Waals surface area (Å²) in [6, 6.07) is 17.5. The van der Waals surface area contributed by atoms with E-state index in [1.54, 1.807) is 12.0 Å². The summed E-state index contributed by atoms with van der Waals surface area (Å²) in [5.41, 5.74) is 2.56. The third-order valence-electron chi connectivity index (χ3n) is 4.02. The minimum atomic E-state index is -0.0709. The Morgan fingerprint density at radius 1 is 1.12 bits per heavy atom. The van der Waals surface area contributed by atoms with Crippen molar-refractivity contribution in [2.24, 2.45) is 0 Å². The third kappa shape index (κ3) is 3.97. The maximum absolute atomic E-state index is 13.1. The lowest BCUT2D eigenvalue weighted by Gasteiger charge is -2.20. The zero-order chi connectivity index (χ0) is 18.4. The zero-order valence-corrected chi connectivity index (χ0v) is 14.9. The Morgan fingerprint density at radius 2 is 1.85 bits per heavy atom. The zero-order valence-electron chi connectivity index (χ0n) is 14.9. The second-order valence-electron chi connectivity index (χ2n) is 5.77. The molecule has 0 unspecified atom stereocenters. The van der Waals surface area contributed by atoms with Crippen LogP contribution >= 0.6 is 0 Å². The molecule has 1 aromatic heterocycles. The van der Waals surface area contributed by atoms with Crippen LogP contribution in [0.3, 0.4) is 0 Å². The van der Waals surface area contributed by atoms with Gasteiger partial charge in [-0.15, -0.1) is 0 Å². The maximum atomic E-state index is 13.1. The van der Waals surface area contributed by atoms with Crippen LogP contribution in [0.1, 0.15) is 29.0 Å². The summed E-state index contributed by atoms with van der Waals surface area (Å²) >= 11 is 0. The van der Waals surface area contributed by atoms with Crippen molar-refractivity contribution in [3.8, 4) is 11.1 Å². The topological polar surface area (TPSA) is 68.5 Å². The molecule has 134 valence electrons. The van der Waals surface area contributed by atoms with E-state index in [-0.39, 0.29) is 19.1 Å². The first kappa shape index (κ1) is 17.8. The van der Waals surface area contributed by atoms with E-state index in [0.29, 0.717) is 23.8 Å². The van der Waals surface area contributed by atoms with Gasteiger partial charge in [0, 0.05) is 19.2 Å². The molecule has 26 heavy (non-hydrogen) atoms. The quantitative estimate of drug-likeness (QED) is 0.651. The standard InChI is InChI=1S/C20H21N3O3/c1-3-23(13-19-21-18(14-25-2)22-26-19)20(24)17-12-8-7-11-16(17)15-9-5-4-6-10-15/h4-12H,3,13-14H2,1-2H3. The molecule has 0 radical (unpaired) electrons. The second kappa shape index (κ2) is 8.40. The lowest BCUT2D eigenvalue weighted by atomic mass is 9.99. The van der Waals surface area contributed by atoms with E-state index in [0.717, 1.165) is 11.1 Å². The number of nitrogens with zero attached hydrogens (tertiary/aromatic N) is 3. The molecule has 0 aliphatic carbocycles. The fraction of sp³-hybridized carbons (Fsp3) is 0.250. The predicted molar refractivity (Wildman–Crippen MR) is 97.3 cm³/mol. The van der Waals surface area contributed by atoms with Gasteiger partial charge >= 0.3 is 0 Å². The number of ether oxygens (including phenoxy) is 1. The number of carbonyl (C=O) groups excluding carboxylic acids is 1. The van der Waals surface area contributed by atoms with Crippen LogP contribution in [0.15, 0.2) is 59.1 Å². The van der Waals surface area contributed by atoms with E-state index in [9.17, 15) is 4.79 Å². The van der Waals surface area contributed by atoms with Crippen LogP contribution in [-0.2, 0) is 17.9 Å². The largest absolute Gasteiger partial charge is 0.377 e. The molecule has 1 heterocycles. The summed E-state index contributed by atoms with van der Waals surface area (Å²) in [7, 11) is 1.57. The lowest BCUT2D eigenvalue weighted by Crippen LogP contribution is -2.30. The van der Waals surface area contributed by atoms with Crippen molar-refractivity contribution in [3.63, 3.8) is 0 Å². The number of hydrogen-bond acceptors (Lipinski definition) is 5. The summed E-state index contributed by atoms with van der Waals surface area (Å²) < 4.78 is 10.2. The summed E-state index contributed by atoms with van der Waals surface area (Å²) in [5, 5.41) is 3.84. The smallest absolute Gasteiger partial charge is 0.254 e. The number of carbonyl (C=O) groups is 1. The average molecular weight is 351 g/mol. The summed E-state index contributed by atoms with van der Waals surface area (Å²) in [5.74, 6) is 0.790. The molecule has 0 aliphatic rings. The molecule has 6 heteroatoms. The summed E-state index contributed by atoms with van der Waals surface area (Å²) in [6.45, 7) is 3.00. The molecule has 0 atom stereocenters. The highest BCUT2D eigenvalue weighted by Gasteiger charge is 2.20. The molecule has 0 saturated heterocycles. The molecule has 2 aromatic carbocycles. The van der Waals surface area contributed by atoms with Crippen LogP contribution in [0.25, 0.3) is 11.1 Å². The predicted octanol–water partition coefficient (Wildman–Crippen LogP) is 3.55. The van der Waals surface area contributed by atoms with E-state index in [4.69, 9.17) is 9.26 Å². The summed E-state index contributed by atoms with van der Waals surface area (Å²) in [4.78, 5) is 19.1. The van der Waals surface area contributed by atoms with E-state index >= 15 is 0 Å². The van der Waals surface area contributed by atoms with Crippen molar-refractivity contribution in [3.05, 3.63) is 71.9 Å². The van der Waals surface area contributed by atoms with Crippen LogP contribution in [0.5, 0.6) is 0 Å². The van der Waals surface area contributed by atoms with Gasteiger partial charge in [-0.1, -0.05) is 53.7 Å². The van der Waals surface area contributed by atoms with Crippen LogP contribution < -0.4 is 0 Å². The Balaban J connectivity index is 1.85. The molecular formula is C20H21N3O3. The first-order valence-electron chi connectivity index (χ1n) is 8.47. The SMILES string of the molecule is CCN(Cc1nc(COC)no1)C(=O)c1ccccc1-c1ccccc1. The number of methoxy groups -OCH3 is 1. The molecule has 0 aliphatic heterocycles. The minimum absolute atomic E-state index is 0.0709. The highest BCUT2D eigenvalue weighted by Crippen LogP contribution is 2.25. The van der Waals surface area contributed by atoms with E-state index in [1.165, 1.54) is 0 Å². The maximum Gasteiger partial charge on any atom is 0.254 e. The number of benzene rings is 2. The van der Waals surface area contributed by atoms with Crippen molar-refractivity contribution < 1.29 is 14.1 Å². The van der Waals surface area contributed by atoms with Gasteiger partial charge in [-0.2, -0.15) is 4.98 Å². The number of rotatable bonds is 7. The Morgan fingerprint density at radius 3 is 2.58 bits per heavy atom. The van der Waals surface area contributed by atoms with Crippen molar-refractivity contribution in [1.82, 2.24) is 15.0 Å². The summed E-state index contributed by atoms with van der Waals surface area (Å²) in [6.07, 6.45) is 0. The van der Waals surface area contributed by atoms with Crippen molar-refractivity contribution in [2.75, 3.05) is 13.7 Å². The highest BCUT2D eigenvalue weighted by molar-refractivity contribution is 6.00. The first-order chi connectivity index (χ1) is 12.7. The molecule has 0 fully saturated rings. The lowest BCUT2D eigenvalue weighted by molar-refractivity contribution is 0.0735. The Kier molecular flexibility index (Phi) is 5.76. The molecule has 0 spiro atoms. The third-order valence-corrected chi connectivity index (χ3v) is 4.02. The monoisotopic (exact) mass is 351 g/mol. The van der Waals surface area contributed by atoms with Gasteiger partial charge in [0.05, 0.1) is 0 Å². The van der Waals surface area contributed by atoms with Gasteiger partial charge in [0.1, 0.15) is 13.2 Å². The van der Waals surface area contributed by atoms with Gasteiger partial charge in [0.2, 0.25) is 5.89 Å². The van der Waals surface area contributed by atoms with E-state index in [2.05, 4.69) is 10.1 Å². The molecule has 3 rings (SSSR count). The van der Waals surface area contributed by atoms with Crippen LogP contribution in [0.4, 0.5) is 0 Å². The van der Waals surface area contributed by atoms with Crippen molar-refractivity contribution >= 4 is 5.91 Å². The van der Waals surface area contributed by atoms with Gasteiger partial charge in [-0.05, 0) is 24.1 Å². The Hall–Kier alpha value is -2.99. The van der Waals surface area contributed by atoms with Gasteiger partial charge in [-0.3, -0.25) is 4.79 Å². The number of amides is 1. The minimum Gasteiger partial charge on any atom is -0.377 e. The number of aromatic nitrogens is 2. The normalized spacial score (nSPS) is 10.7. The highest BCUT2D eigenvalue weighted by atomic mass is 16.5. The van der Waals surface area contributed by atoms with Gasteiger partial charge in [0.25, 0.3) is 5.91 Å². The van der Waals surface area contributed by atoms with Gasteiger partial charge in [0.15, 0.2) is 5.82 Å². The van der Waals surface area contributed by atoms with Crippen LogP contribution in [0.2, 0.25) is 0 Å². The first-order valence-corrected chi connectivity index (χ1v) is 8.47. The van der Waals surface area contributed by atoms with Gasteiger partial charge < -0.3 is 14.2 Å². The molecule has 1 amide bonds. The van der Waals surface area contributed by atoms with Crippen molar-refractivity contribution in [1.29, 1.82) is 0 Å². The second-order valence-corrected chi connectivity index (χ2v) is 5.77. The molecular weight excluding hydrogens is 330 g/mol. The molecule has 3 aromatic rings.